The summed E-state index contributed by atoms with van der Waals surface area (Å²) in [5, 5.41) is 2.84. The molecule has 0 bridgehead atoms. The molecule has 1 saturated heterocycles. The molecule has 1 fully saturated rings. The van der Waals surface area contributed by atoms with Gasteiger partial charge < -0.3 is 5.32 Å². The molecule has 0 saturated carbocycles. The lowest BCUT2D eigenvalue weighted by molar-refractivity contribution is -0.132. The third kappa shape index (κ3) is 4.90. The van der Waals surface area contributed by atoms with E-state index >= 15 is 0 Å². The van der Waals surface area contributed by atoms with Crippen LogP contribution >= 0.6 is 0 Å². The SMILES string of the molecule is CC(C)c1ccc(S(=O)(=O)N2CCC[C@@](C)(C(=O)NCc3cccc(F)c3)C2)cc1. The summed E-state index contributed by atoms with van der Waals surface area (Å²) in [6.45, 7) is 6.62. The van der Waals surface area contributed by atoms with Crippen molar-refractivity contribution in [3.63, 3.8) is 0 Å². The minimum absolute atomic E-state index is 0.121. The highest BCUT2D eigenvalue weighted by molar-refractivity contribution is 7.89. The normalized spacial score (nSPS) is 20.3. The van der Waals surface area contributed by atoms with Crippen molar-refractivity contribution in [2.24, 2.45) is 5.41 Å². The minimum Gasteiger partial charge on any atom is -0.352 e. The van der Waals surface area contributed by atoms with Crippen molar-refractivity contribution < 1.29 is 17.6 Å². The van der Waals surface area contributed by atoms with Crippen LogP contribution in [-0.2, 0) is 21.4 Å². The maximum Gasteiger partial charge on any atom is 0.243 e. The van der Waals surface area contributed by atoms with Crippen LogP contribution in [0, 0.1) is 11.2 Å². The average molecular weight is 433 g/mol. The van der Waals surface area contributed by atoms with Crippen LogP contribution in [0.3, 0.4) is 0 Å². The third-order valence-electron chi connectivity index (χ3n) is 5.74. The number of piperidine rings is 1. The predicted molar refractivity (Wildman–Crippen MR) is 115 cm³/mol. The average Bonchev–Trinajstić information content (AvgIpc) is 2.72. The molecule has 7 heteroatoms. The predicted octanol–water partition coefficient (Wildman–Crippen LogP) is 4.06. The van der Waals surface area contributed by atoms with Gasteiger partial charge in [-0.25, -0.2) is 12.8 Å². The lowest BCUT2D eigenvalue weighted by Crippen LogP contribution is -2.51. The Morgan fingerprint density at radius 2 is 1.90 bits per heavy atom. The number of hydrogen-bond donors (Lipinski definition) is 1. The number of amides is 1. The maximum absolute atomic E-state index is 13.3. The van der Waals surface area contributed by atoms with Crippen LogP contribution in [0.4, 0.5) is 4.39 Å². The Morgan fingerprint density at radius 3 is 2.53 bits per heavy atom. The highest BCUT2D eigenvalue weighted by atomic mass is 32.2. The molecule has 0 unspecified atom stereocenters. The second-order valence-electron chi connectivity index (χ2n) is 8.54. The number of benzene rings is 2. The fraction of sp³-hybridized carbons (Fsp3) is 0.435. The summed E-state index contributed by atoms with van der Waals surface area (Å²) in [4.78, 5) is 13.1. The van der Waals surface area contributed by atoms with E-state index in [1.54, 1.807) is 31.2 Å². The fourth-order valence-electron chi connectivity index (χ4n) is 3.80. The fourth-order valence-corrected chi connectivity index (χ4v) is 5.40. The lowest BCUT2D eigenvalue weighted by Gasteiger charge is -2.38. The molecule has 3 rings (SSSR count). The van der Waals surface area contributed by atoms with Gasteiger partial charge in [-0.3, -0.25) is 4.79 Å². The molecule has 0 spiro atoms. The van der Waals surface area contributed by atoms with Crippen LogP contribution in [0.2, 0.25) is 0 Å². The standard InChI is InChI=1S/C23H29FN2O3S/c1-17(2)19-8-10-21(11-9-19)30(28,29)26-13-5-12-23(3,16-26)22(27)25-15-18-6-4-7-20(24)14-18/h4,6-11,14,17H,5,12-13,15-16H2,1-3H3,(H,25,27)/t23-/m1/s1. The summed E-state index contributed by atoms with van der Waals surface area (Å²) in [7, 11) is -3.68. The zero-order valence-corrected chi connectivity index (χ0v) is 18.5. The first kappa shape index (κ1) is 22.4. The Bertz CT molecular complexity index is 1010. The Labute approximate surface area is 178 Å². The van der Waals surface area contributed by atoms with Crippen molar-refractivity contribution in [1.82, 2.24) is 9.62 Å². The summed E-state index contributed by atoms with van der Waals surface area (Å²) >= 11 is 0. The van der Waals surface area contributed by atoms with Gasteiger partial charge in [0.05, 0.1) is 10.3 Å². The van der Waals surface area contributed by atoms with Crippen molar-refractivity contribution in [1.29, 1.82) is 0 Å². The van der Waals surface area contributed by atoms with E-state index in [0.717, 1.165) is 5.56 Å². The van der Waals surface area contributed by atoms with Gasteiger partial charge in [-0.15, -0.1) is 0 Å². The third-order valence-corrected chi connectivity index (χ3v) is 7.60. The van der Waals surface area contributed by atoms with E-state index in [1.807, 2.05) is 12.1 Å². The number of halogens is 1. The number of carbonyl (C=O) groups is 1. The number of sulfonamides is 1. The molecule has 2 aromatic rings. The largest absolute Gasteiger partial charge is 0.352 e. The first-order valence-electron chi connectivity index (χ1n) is 10.2. The molecule has 1 amide bonds. The molecular weight excluding hydrogens is 403 g/mol. The molecule has 2 aromatic carbocycles. The summed E-state index contributed by atoms with van der Waals surface area (Å²) in [5.41, 5.74) is 0.905. The molecule has 1 aliphatic heterocycles. The summed E-state index contributed by atoms with van der Waals surface area (Å²) < 4.78 is 41.0. The van der Waals surface area contributed by atoms with E-state index in [-0.39, 0.29) is 29.7 Å². The van der Waals surface area contributed by atoms with Gasteiger partial charge in [0.25, 0.3) is 0 Å². The zero-order valence-electron chi connectivity index (χ0n) is 17.7. The van der Waals surface area contributed by atoms with Gasteiger partial charge in [-0.2, -0.15) is 4.31 Å². The van der Waals surface area contributed by atoms with E-state index < -0.39 is 15.4 Å². The van der Waals surface area contributed by atoms with Crippen molar-refractivity contribution >= 4 is 15.9 Å². The first-order valence-corrected chi connectivity index (χ1v) is 11.7. The van der Waals surface area contributed by atoms with Crippen LogP contribution in [0.15, 0.2) is 53.4 Å². The van der Waals surface area contributed by atoms with Crippen molar-refractivity contribution in [3.8, 4) is 0 Å². The van der Waals surface area contributed by atoms with E-state index in [9.17, 15) is 17.6 Å². The van der Waals surface area contributed by atoms with Gasteiger partial charge in [-0.1, -0.05) is 38.1 Å². The molecule has 162 valence electrons. The van der Waals surface area contributed by atoms with Gasteiger partial charge in [0.2, 0.25) is 15.9 Å². The molecule has 1 N–H and O–H groups in total. The van der Waals surface area contributed by atoms with Gasteiger partial charge in [0.15, 0.2) is 0 Å². The number of hydrogen-bond acceptors (Lipinski definition) is 3. The Morgan fingerprint density at radius 1 is 1.20 bits per heavy atom. The molecule has 0 aliphatic carbocycles. The van der Waals surface area contributed by atoms with Gasteiger partial charge >= 0.3 is 0 Å². The van der Waals surface area contributed by atoms with Crippen LogP contribution in [0.1, 0.15) is 50.7 Å². The van der Waals surface area contributed by atoms with Gasteiger partial charge in [0.1, 0.15) is 5.82 Å². The molecular formula is C23H29FN2O3S. The second-order valence-corrected chi connectivity index (χ2v) is 10.5. The molecule has 30 heavy (non-hydrogen) atoms. The Kier molecular flexibility index (Phi) is 6.62. The van der Waals surface area contributed by atoms with Crippen molar-refractivity contribution in [3.05, 3.63) is 65.5 Å². The molecule has 5 nitrogen and oxygen atoms in total. The van der Waals surface area contributed by atoms with Gasteiger partial charge in [0, 0.05) is 19.6 Å². The number of carbonyl (C=O) groups excluding carboxylic acids is 1. The van der Waals surface area contributed by atoms with Crippen molar-refractivity contribution in [2.75, 3.05) is 13.1 Å². The molecule has 0 aromatic heterocycles. The summed E-state index contributed by atoms with van der Waals surface area (Å²) in [5.74, 6) is -0.255. The number of nitrogens with zero attached hydrogens (tertiary/aromatic N) is 1. The lowest BCUT2D eigenvalue weighted by atomic mass is 9.82. The highest BCUT2D eigenvalue weighted by Gasteiger charge is 2.41. The van der Waals surface area contributed by atoms with Crippen LogP contribution in [0.5, 0.6) is 0 Å². The first-order chi connectivity index (χ1) is 14.1. The van der Waals surface area contributed by atoms with Crippen LogP contribution in [0.25, 0.3) is 0 Å². The topological polar surface area (TPSA) is 66.5 Å². The number of rotatable bonds is 6. The van der Waals surface area contributed by atoms with Crippen molar-refractivity contribution in [2.45, 2.75) is 51.0 Å². The summed E-state index contributed by atoms with van der Waals surface area (Å²) in [6, 6.07) is 13.0. The minimum atomic E-state index is -3.68. The van der Waals surface area contributed by atoms with E-state index in [1.165, 1.54) is 16.4 Å². The zero-order chi connectivity index (χ0) is 21.9. The van der Waals surface area contributed by atoms with E-state index in [4.69, 9.17) is 0 Å². The summed E-state index contributed by atoms with van der Waals surface area (Å²) in [6.07, 6.45) is 1.20. The van der Waals surface area contributed by atoms with E-state index in [2.05, 4.69) is 19.2 Å². The Balaban J connectivity index is 1.71. The van der Waals surface area contributed by atoms with Crippen LogP contribution < -0.4 is 5.32 Å². The second kappa shape index (κ2) is 8.86. The number of nitrogens with one attached hydrogen (secondary N) is 1. The van der Waals surface area contributed by atoms with Crippen LogP contribution in [-0.4, -0.2) is 31.7 Å². The van der Waals surface area contributed by atoms with E-state index in [0.29, 0.717) is 30.9 Å². The maximum atomic E-state index is 13.3. The quantitative estimate of drug-likeness (QED) is 0.749. The highest BCUT2D eigenvalue weighted by Crippen LogP contribution is 2.33. The van der Waals surface area contributed by atoms with Gasteiger partial charge in [-0.05, 0) is 61.1 Å². The molecule has 1 heterocycles. The monoisotopic (exact) mass is 432 g/mol. The Hall–Kier alpha value is -2.25. The molecule has 0 radical (unpaired) electrons. The smallest absolute Gasteiger partial charge is 0.243 e. The molecule has 1 aliphatic rings. The molecule has 1 atom stereocenters.